The van der Waals surface area contributed by atoms with Crippen molar-refractivity contribution in [2.75, 3.05) is 18.4 Å². The van der Waals surface area contributed by atoms with Crippen LogP contribution >= 0.6 is 23.2 Å². The number of nitrogens with one attached hydrogen (secondary N) is 1. The molecule has 1 amide bonds. The van der Waals surface area contributed by atoms with Gasteiger partial charge in [-0.2, -0.15) is 4.31 Å². The molecule has 1 N–H and O–H groups in total. The highest BCUT2D eigenvalue weighted by atomic mass is 35.5. The van der Waals surface area contributed by atoms with Crippen LogP contribution in [-0.4, -0.2) is 31.7 Å². The molecular weight excluding hydrogens is 407 g/mol. The minimum atomic E-state index is -3.66. The number of piperidine rings is 1. The van der Waals surface area contributed by atoms with E-state index in [1.54, 1.807) is 24.3 Å². The summed E-state index contributed by atoms with van der Waals surface area (Å²) in [5.41, 5.74) is 0.650. The first-order valence-electron chi connectivity index (χ1n) is 8.64. The maximum absolute atomic E-state index is 12.9. The van der Waals surface area contributed by atoms with Gasteiger partial charge in [-0.1, -0.05) is 30.1 Å². The Morgan fingerprint density at radius 3 is 2.33 bits per heavy atom. The van der Waals surface area contributed by atoms with Gasteiger partial charge in [-0.05, 0) is 61.2 Å². The zero-order chi connectivity index (χ0) is 19.6. The van der Waals surface area contributed by atoms with Crippen LogP contribution in [0.25, 0.3) is 0 Å². The number of hydrogen-bond donors (Lipinski definition) is 1. The molecule has 5 nitrogen and oxygen atoms in total. The van der Waals surface area contributed by atoms with Gasteiger partial charge >= 0.3 is 0 Å². The molecule has 0 unspecified atom stereocenters. The Hall–Kier alpha value is -1.60. The predicted octanol–water partition coefficient (Wildman–Crippen LogP) is 4.67. The molecule has 3 rings (SSSR count). The first kappa shape index (κ1) is 20.1. The Morgan fingerprint density at radius 1 is 1.07 bits per heavy atom. The van der Waals surface area contributed by atoms with E-state index in [-0.39, 0.29) is 15.5 Å². The lowest BCUT2D eigenvalue weighted by Gasteiger charge is -2.29. The Bertz CT molecular complexity index is 938. The summed E-state index contributed by atoms with van der Waals surface area (Å²) >= 11 is 12.0. The number of carbonyl (C=O) groups is 1. The van der Waals surface area contributed by atoms with Crippen LogP contribution in [0.1, 0.15) is 30.1 Å². The predicted molar refractivity (Wildman–Crippen MR) is 108 cm³/mol. The number of sulfonamides is 1. The van der Waals surface area contributed by atoms with Crippen molar-refractivity contribution in [1.29, 1.82) is 0 Å². The SMILES string of the molecule is CC1CCN(S(=O)(=O)c2ccc(Cl)c(C(=O)Nc3ccc(Cl)cc3)c2)CC1. The third-order valence-corrected chi connectivity index (χ3v) is 7.14. The molecular formula is C19H20Cl2N2O3S. The molecule has 0 radical (unpaired) electrons. The van der Waals surface area contributed by atoms with E-state index < -0.39 is 15.9 Å². The van der Waals surface area contributed by atoms with Gasteiger partial charge < -0.3 is 5.32 Å². The van der Waals surface area contributed by atoms with E-state index in [0.29, 0.717) is 29.7 Å². The van der Waals surface area contributed by atoms with Crippen LogP contribution in [0.15, 0.2) is 47.4 Å². The molecule has 2 aromatic rings. The molecule has 0 saturated carbocycles. The van der Waals surface area contributed by atoms with Gasteiger partial charge in [0.2, 0.25) is 10.0 Å². The molecule has 1 heterocycles. The summed E-state index contributed by atoms with van der Waals surface area (Å²) in [4.78, 5) is 12.7. The third-order valence-electron chi connectivity index (χ3n) is 4.66. The molecule has 2 aromatic carbocycles. The lowest BCUT2D eigenvalue weighted by molar-refractivity contribution is 0.102. The van der Waals surface area contributed by atoms with E-state index in [1.807, 2.05) is 0 Å². The van der Waals surface area contributed by atoms with Crippen LogP contribution in [0, 0.1) is 5.92 Å². The zero-order valence-electron chi connectivity index (χ0n) is 14.8. The van der Waals surface area contributed by atoms with E-state index in [9.17, 15) is 13.2 Å². The summed E-state index contributed by atoms with van der Waals surface area (Å²) in [6.07, 6.45) is 1.66. The van der Waals surface area contributed by atoms with Crippen LogP contribution < -0.4 is 5.32 Å². The van der Waals surface area contributed by atoms with Crippen molar-refractivity contribution < 1.29 is 13.2 Å². The molecule has 0 atom stereocenters. The molecule has 0 aliphatic carbocycles. The van der Waals surface area contributed by atoms with Crippen molar-refractivity contribution in [2.24, 2.45) is 5.92 Å². The Labute approximate surface area is 169 Å². The number of hydrogen-bond acceptors (Lipinski definition) is 3. The van der Waals surface area contributed by atoms with Gasteiger partial charge in [-0.25, -0.2) is 8.42 Å². The number of amides is 1. The van der Waals surface area contributed by atoms with Crippen molar-refractivity contribution >= 4 is 44.8 Å². The lowest BCUT2D eigenvalue weighted by atomic mass is 10.0. The number of rotatable bonds is 4. The smallest absolute Gasteiger partial charge is 0.257 e. The van der Waals surface area contributed by atoms with E-state index in [0.717, 1.165) is 12.8 Å². The average Bonchev–Trinajstić information content (AvgIpc) is 2.64. The van der Waals surface area contributed by atoms with E-state index in [4.69, 9.17) is 23.2 Å². The van der Waals surface area contributed by atoms with Crippen molar-refractivity contribution in [3.63, 3.8) is 0 Å². The fraction of sp³-hybridized carbons (Fsp3) is 0.316. The molecule has 0 aromatic heterocycles. The summed E-state index contributed by atoms with van der Waals surface area (Å²) in [5.74, 6) is 0.0361. The average molecular weight is 427 g/mol. The van der Waals surface area contributed by atoms with Gasteiger partial charge in [-0.15, -0.1) is 0 Å². The van der Waals surface area contributed by atoms with Crippen molar-refractivity contribution in [3.05, 3.63) is 58.1 Å². The number of halogens is 2. The van der Waals surface area contributed by atoms with Crippen LogP contribution in [0.2, 0.25) is 10.0 Å². The molecule has 0 bridgehead atoms. The number of benzene rings is 2. The second kappa shape index (κ2) is 8.19. The van der Waals surface area contributed by atoms with Crippen LogP contribution in [0.5, 0.6) is 0 Å². The zero-order valence-corrected chi connectivity index (χ0v) is 17.1. The van der Waals surface area contributed by atoms with Crippen molar-refractivity contribution in [3.8, 4) is 0 Å². The standard InChI is InChI=1S/C19H20Cl2N2O3S/c1-13-8-10-23(11-9-13)27(25,26)16-6-7-18(21)17(12-16)19(24)22-15-4-2-14(20)3-5-15/h2-7,12-13H,8-11H2,1H3,(H,22,24). The summed E-state index contributed by atoms with van der Waals surface area (Å²) in [5, 5.41) is 3.44. The minimum Gasteiger partial charge on any atom is -0.322 e. The molecule has 144 valence electrons. The normalized spacial score (nSPS) is 16.3. The summed E-state index contributed by atoms with van der Waals surface area (Å²) < 4.78 is 27.3. The molecule has 0 spiro atoms. The Morgan fingerprint density at radius 2 is 1.70 bits per heavy atom. The number of anilines is 1. The fourth-order valence-electron chi connectivity index (χ4n) is 2.94. The first-order valence-corrected chi connectivity index (χ1v) is 10.8. The van der Waals surface area contributed by atoms with Crippen LogP contribution in [0.3, 0.4) is 0 Å². The number of carbonyl (C=O) groups excluding carboxylic acids is 1. The molecule has 1 aliphatic rings. The molecule has 1 fully saturated rings. The van der Waals surface area contributed by atoms with E-state index >= 15 is 0 Å². The van der Waals surface area contributed by atoms with E-state index in [2.05, 4.69) is 12.2 Å². The Balaban J connectivity index is 1.85. The summed E-state index contributed by atoms with van der Waals surface area (Å²) in [6, 6.07) is 10.8. The molecule has 1 aliphatic heterocycles. The third kappa shape index (κ3) is 4.63. The maximum Gasteiger partial charge on any atom is 0.257 e. The topological polar surface area (TPSA) is 66.5 Å². The van der Waals surface area contributed by atoms with Gasteiger partial charge in [0.1, 0.15) is 0 Å². The maximum atomic E-state index is 12.9. The molecule has 27 heavy (non-hydrogen) atoms. The van der Waals surface area contributed by atoms with Gasteiger partial charge in [0, 0.05) is 23.8 Å². The van der Waals surface area contributed by atoms with Crippen molar-refractivity contribution in [2.45, 2.75) is 24.7 Å². The van der Waals surface area contributed by atoms with Crippen LogP contribution in [-0.2, 0) is 10.0 Å². The van der Waals surface area contributed by atoms with Crippen molar-refractivity contribution in [1.82, 2.24) is 4.31 Å². The fourth-order valence-corrected chi connectivity index (χ4v) is 4.77. The second-order valence-corrected chi connectivity index (χ2v) is 9.47. The van der Waals surface area contributed by atoms with Gasteiger partial charge in [0.05, 0.1) is 15.5 Å². The van der Waals surface area contributed by atoms with E-state index in [1.165, 1.54) is 22.5 Å². The quantitative estimate of drug-likeness (QED) is 0.772. The highest BCUT2D eigenvalue weighted by Crippen LogP contribution is 2.27. The highest BCUT2D eigenvalue weighted by molar-refractivity contribution is 7.89. The highest BCUT2D eigenvalue weighted by Gasteiger charge is 2.29. The second-order valence-electron chi connectivity index (χ2n) is 6.69. The van der Waals surface area contributed by atoms with Gasteiger partial charge in [0.15, 0.2) is 0 Å². The molecule has 1 saturated heterocycles. The minimum absolute atomic E-state index is 0.0720. The summed E-state index contributed by atoms with van der Waals surface area (Å²) in [7, 11) is -3.66. The lowest BCUT2D eigenvalue weighted by Crippen LogP contribution is -2.37. The molecule has 8 heteroatoms. The van der Waals surface area contributed by atoms with Gasteiger partial charge in [0.25, 0.3) is 5.91 Å². The van der Waals surface area contributed by atoms with Gasteiger partial charge in [-0.3, -0.25) is 4.79 Å². The number of nitrogens with zero attached hydrogens (tertiary/aromatic N) is 1. The van der Waals surface area contributed by atoms with Crippen LogP contribution in [0.4, 0.5) is 5.69 Å². The summed E-state index contributed by atoms with van der Waals surface area (Å²) in [6.45, 7) is 3.09. The first-order chi connectivity index (χ1) is 12.8. The Kier molecular flexibility index (Phi) is 6.11. The largest absolute Gasteiger partial charge is 0.322 e. The monoisotopic (exact) mass is 426 g/mol.